The molecule has 5 nitrogen and oxygen atoms in total. The largest absolute Gasteiger partial charge is 0.353 e. The molecular weight excluding hydrogens is 357 g/mol. The molecule has 1 aliphatic heterocycles. The van der Waals surface area contributed by atoms with Gasteiger partial charge in [-0.1, -0.05) is 23.8 Å². The molecule has 1 fully saturated rings. The molecule has 0 radical (unpaired) electrons. The van der Waals surface area contributed by atoms with Crippen LogP contribution in [0.1, 0.15) is 31.9 Å². The van der Waals surface area contributed by atoms with E-state index in [1.807, 2.05) is 35.1 Å². The highest BCUT2D eigenvalue weighted by Gasteiger charge is 2.28. The summed E-state index contributed by atoms with van der Waals surface area (Å²) in [5.74, 6) is 0.892. The lowest BCUT2D eigenvalue weighted by Gasteiger charge is -2.37. The summed E-state index contributed by atoms with van der Waals surface area (Å²) >= 11 is 12.8. The van der Waals surface area contributed by atoms with Crippen molar-refractivity contribution in [1.82, 2.24) is 14.4 Å². The summed E-state index contributed by atoms with van der Waals surface area (Å²) in [6, 6.07) is 0. The lowest BCUT2D eigenvalue weighted by molar-refractivity contribution is 0.363. The third-order valence-electron chi connectivity index (χ3n) is 5.05. The zero-order chi connectivity index (χ0) is 17.6. The summed E-state index contributed by atoms with van der Waals surface area (Å²) in [5, 5.41) is 0.485. The van der Waals surface area contributed by atoms with Crippen molar-refractivity contribution >= 4 is 40.2 Å². The molecule has 3 heterocycles. The number of aromatic nitrogens is 3. The van der Waals surface area contributed by atoms with Gasteiger partial charge in [0.2, 0.25) is 0 Å². The zero-order valence-corrected chi connectivity index (χ0v) is 15.6. The van der Waals surface area contributed by atoms with Crippen molar-refractivity contribution in [3.8, 4) is 0 Å². The fourth-order valence-corrected chi connectivity index (χ4v) is 3.89. The Morgan fingerprint density at radius 2 is 2.04 bits per heavy atom. The van der Waals surface area contributed by atoms with Crippen molar-refractivity contribution in [2.75, 3.05) is 18.0 Å². The average molecular weight is 378 g/mol. The van der Waals surface area contributed by atoms with E-state index >= 15 is 0 Å². The van der Waals surface area contributed by atoms with Crippen LogP contribution in [0, 0.1) is 0 Å². The molecule has 0 amide bonds. The van der Waals surface area contributed by atoms with Crippen molar-refractivity contribution in [1.29, 1.82) is 0 Å². The number of imidazole rings is 1. The molecule has 0 spiro atoms. The van der Waals surface area contributed by atoms with E-state index in [1.54, 1.807) is 0 Å². The lowest BCUT2D eigenvalue weighted by atomic mass is 9.91. The second-order valence-corrected chi connectivity index (χ2v) is 8.03. The van der Waals surface area contributed by atoms with Crippen molar-refractivity contribution < 1.29 is 0 Å². The number of fused-ring (bicyclic) bond motifs is 1. The van der Waals surface area contributed by atoms with Gasteiger partial charge in [-0.2, -0.15) is 0 Å². The SMILES string of the molecule is CC1(N)CCN(c2nccn3c(C4=C(Cl)C(Cl)CC=C4)cnc23)CC1. The van der Waals surface area contributed by atoms with Gasteiger partial charge in [0.15, 0.2) is 11.5 Å². The number of hydrogen-bond donors (Lipinski definition) is 1. The van der Waals surface area contributed by atoms with Gasteiger partial charge in [-0.3, -0.25) is 4.40 Å². The van der Waals surface area contributed by atoms with E-state index in [4.69, 9.17) is 28.9 Å². The molecule has 0 saturated carbocycles. The number of nitrogens with two attached hydrogens (primary N) is 1. The van der Waals surface area contributed by atoms with E-state index in [2.05, 4.69) is 21.8 Å². The summed E-state index contributed by atoms with van der Waals surface area (Å²) < 4.78 is 2.04. The summed E-state index contributed by atoms with van der Waals surface area (Å²) in [5.41, 5.74) is 8.85. The first kappa shape index (κ1) is 16.9. The Balaban J connectivity index is 1.75. The number of nitrogens with zero attached hydrogens (tertiary/aromatic N) is 4. The molecule has 0 bridgehead atoms. The maximum Gasteiger partial charge on any atom is 0.180 e. The minimum absolute atomic E-state index is 0.0945. The monoisotopic (exact) mass is 377 g/mol. The van der Waals surface area contributed by atoms with Gasteiger partial charge >= 0.3 is 0 Å². The zero-order valence-electron chi connectivity index (χ0n) is 14.1. The van der Waals surface area contributed by atoms with E-state index in [9.17, 15) is 0 Å². The number of anilines is 1. The molecule has 4 rings (SSSR count). The van der Waals surface area contributed by atoms with E-state index in [0.29, 0.717) is 5.03 Å². The molecule has 132 valence electrons. The highest BCUT2D eigenvalue weighted by Crippen LogP contribution is 2.34. The minimum Gasteiger partial charge on any atom is -0.353 e. The molecule has 2 aromatic heterocycles. The van der Waals surface area contributed by atoms with Gasteiger partial charge in [0.25, 0.3) is 0 Å². The third kappa shape index (κ3) is 3.05. The van der Waals surface area contributed by atoms with E-state index < -0.39 is 0 Å². The first-order valence-corrected chi connectivity index (χ1v) is 9.34. The minimum atomic E-state index is -0.183. The van der Waals surface area contributed by atoms with Crippen LogP contribution in [0.25, 0.3) is 11.2 Å². The molecule has 1 atom stereocenters. The highest BCUT2D eigenvalue weighted by atomic mass is 35.5. The molecule has 1 unspecified atom stereocenters. The normalized spacial score (nSPS) is 23.5. The highest BCUT2D eigenvalue weighted by molar-refractivity contribution is 6.40. The van der Waals surface area contributed by atoms with Crippen LogP contribution in [-0.4, -0.2) is 38.4 Å². The second kappa shape index (κ2) is 6.31. The average Bonchev–Trinajstić information content (AvgIpc) is 3.01. The molecule has 2 N–H and O–H groups in total. The molecule has 25 heavy (non-hydrogen) atoms. The Morgan fingerprint density at radius 1 is 1.28 bits per heavy atom. The van der Waals surface area contributed by atoms with Crippen molar-refractivity contribution in [3.05, 3.63) is 41.5 Å². The summed E-state index contributed by atoms with van der Waals surface area (Å²) in [7, 11) is 0. The number of allylic oxidation sites excluding steroid dienone is 4. The maximum atomic E-state index is 6.46. The number of piperidine rings is 1. The molecular formula is C18H21Cl2N5. The van der Waals surface area contributed by atoms with Crippen LogP contribution in [0.5, 0.6) is 0 Å². The predicted molar refractivity (Wildman–Crippen MR) is 103 cm³/mol. The van der Waals surface area contributed by atoms with Gasteiger partial charge in [-0.05, 0) is 26.2 Å². The van der Waals surface area contributed by atoms with Gasteiger partial charge in [0.05, 0.1) is 17.3 Å². The van der Waals surface area contributed by atoms with Crippen LogP contribution >= 0.6 is 23.2 Å². The number of rotatable bonds is 2. The first-order chi connectivity index (χ1) is 12.0. The van der Waals surface area contributed by atoms with E-state index in [1.165, 1.54) is 0 Å². The molecule has 1 saturated heterocycles. The van der Waals surface area contributed by atoms with Gasteiger partial charge in [-0.25, -0.2) is 9.97 Å². The Hall–Kier alpha value is -1.56. The Kier molecular flexibility index (Phi) is 4.26. The summed E-state index contributed by atoms with van der Waals surface area (Å²) in [6.45, 7) is 3.88. The smallest absolute Gasteiger partial charge is 0.180 e. The number of alkyl halides is 1. The van der Waals surface area contributed by atoms with Crippen molar-refractivity contribution in [2.45, 2.75) is 37.1 Å². The van der Waals surface area contributed by atoms with Crippen LogP contribution in [0.2, 0.25) is 0 Å². The fraction of sp³-hybridized carbons (Fsp3) is 0.444. The maximum absolute atomic E-state index is 6.46. The van der Waals surface area contributed by atoms with E-state index in [-0.39, 0.29) is 10.9 Å². The Bertz CT molecular complexity index is 857. The number of halogens is 2. The molecule has 2 aliphatic rings. The quantitative estimate of drug-likeness (QED) is 0.812. The summed E-state index contributed by atoms with van der Waals surface area (Å²) in [4.78, 5) is 11.5. The van der Waals surface area contributed by atoms with Crippen molar-refractivity contribution in [2.24, 2.45) is 5.73 Å². The van der Waals surface area contributed by atoms with Gasteiger partial charge in [-0.15, -0.1) is 11.6 Å². The molecule has 0 aromatic carbocycles. The topological polar surface area (TPSA) is 59.5 Å². The summed E-state index contributed by atoms with van der Waals surface area (Å²) in [6.07, 6.45) is 12.3. The van der Waals surface area contributed by atoms with Crippen LogP contribution in [-0.2, 0) is 0 Å². The molecule has 7 heteroatoms. The second-order valence-electron chi connectivity index (χ2n) is 7.10. The van der Waals surface area contributed by atoms with Crippen LogP contribution in [0.15, 0.2) is 35.8 Å². The standard InChI is InChI=1S/C18H21Cl2N5/c1-18(21)5-8-24(9-6-18)16-17-23-11-14(25(17)10-7-22-16)12-3-2-4-13(19)15(12)20/h2-3,7,10-11,13H,4-6,8-9,21H2,1H3. The Labute approximate surface area is 157 Å². The first-order valence-electron chi connectivity index (χ1n) is 8.53. The third-order valence-corrected chi connectivity index (χ3v) is 6.03. The van der Waals surface area contributed by atoms with Crippen LogP contribution < -0.4 is 10.6 Å². The Morgan fingerprint density at radius 3 is 2.80 bits per heavy atom. The predicted octanol–water partition coefficient (Wildman–Crippen LogP) is 3.56. The molecule has 2 aromatic rings. The van der Waals surface area contributed by atoms with Gasteiger partial charge in [0.1, 0.15) is 0 Å². The van der Waals surface area contributed by atoms with Crippen LogP contribution in [0.3, 0.4) is 0 Å². The van der Waals surface area contributed by atoms with Gasteiger partial charge < -0.3 is 10.6 Å². The van der Waals surface area contributed by atoms with Gasteiger partial charge in [0, 0.05) is 41.6 Å². The van der Waals surface area contributed by atoms with Crippen molar-refractivity contribution in [3.63, 3.8) is 0 Å². The fourth-order valence-electron chi connectivity index (χ4n) is 3.42. The lowest BCUT2D eigenvalue weighted by Crippen LogP contribution is -2.48. The van der Waals surface area contributed by atoms with E-state index in [0.717, 1.165) is 55.1 Å². The molecule has 1 aliphatic carbocycles. The van der Waals surface area contributed by atoms with Crippen LogP contribution in [0.4, 0.5) is 5.82 Å². The number of hydrogen-bond acceptors (Lipinski definition) is 4.